The van der Waals surface area contributed by atoms with Gasteiger partial charge in [0.2, 0.25) is 0 Å². The van der Waals surface area contributed by atoms with E-state index in [2.05, 4.69) is 15.3 Å². The summed E-state index contributed by atoms with van der Waals surface area (Å²) in [5, 5.41) is 3.49. The van der Waals surface area contributed by atoms with Gasteiger partial charge in [0.25, 0.3) is 5.89 Å². The summed E-state index contributed by atoms with van der Waals surface area (Å²) in [4.78, 5) is 21.0. The van der Waals surface area contributed by atoms with Gasteiger partial charge in [0, 0.05) is 28.9 Å². The highest BCUT2D eigenvalue weighted by atomic mass is 19.1. The molecule has 2 aromatic heterocycles. The molecule has 0 aliphatic rings. The van der Waals surface area contributed by atoms with Crippen molar-refractivity contribution in [3.63, 3.8) is 0 Å². The van der Waals surface area contributed by atoms with Crippen LogP contribution in [0.2, 0.25) is 0 Å². The van der Waals surface area contributed by atoms with E-state index >= 15 is 0 Å². The molecule has 1 amide bonds. The van der Waals surface area contributed by atoms with Gasteiger partial charge in [-0.15, -0.1) is 0 Å². The summed E-state index contributed by atoms with van der Waals surface area (Å²) in [6.07, 6.45) is 3.07. The molecule has 180 valence electrons. The van der Waals surface area contributed by atoms with Crippen LogP contribution < -0.4 is 19.5 Å². The molecule has 0 fully saturated rings. The molecule has 5 aromatic rings. The lowest BCUT2D eigenvalue weighted by atomic mass is 10.2. The minimum Gasteiger partial charge on any atom is -0.493 e. The van der Waals surface area contributed by atoms with Gasteiger partial charge in [-0.2, -0.15) is 0 Å². The molecule has 0 radical (unpaired) electrons. The van der Waals surface area contributed by atoms with Crippen molar-refractivity contribution in [1.82, 2.24) is 9.97 Å². The van der Waals surface area contributed by atoms with E-state index in [0.717, 1.165) is 5.39 Å². The first kappa shape index (κ1) is 22.9. The Morgan fingerprint density at radius 3 is 2.33 bits per heavy atom. The van der Waals surface area contributed by atoms with Gasteiger partial charge < -0.3 is 23.9 Å². The van der Waals surface area contributed by atoms with E-state index in [9.17, 15) is 9.18 Å². The normalized spacial score (nSPS) is 10.8. The third-order valence-corrected chi connectivity index (χ3v) is 5.38. The zero-order valence-electron chi connectivity index (χ0n) is 19.3. The topological polar surface area (TPSA) is 95.7 Å². The van der Waals surface area contributed by atoms with Crippen LogP contribution >= 0.6 is 0 Å². The average molecular weight is 485 g/mol. The van der Waals surface area contributed by atoms with Crippen LogP contribution in [0.25, 0.3) is 22.2 Å². The van der Waals surface area contributed by atoms with Crippen molar-refractivity contribution in [2.24, 2.45) is 0 Å². The highest BCUT2D eigenvalue weighted by Crippen LogP contribution is 2.37. The number of hydrogen-bond acceptors (Lipinski definition) is 7. The Bertz CT molecular complexity index is 1530. The third-order valence-electron chi connectivity index (χ3n) is 5.38. The standard InChI is InChI=1S/C27H20FN3O5/c1-33-23-13-20-21(14-24(23)34-2)29-12-11-22(20)35-19-9-7-18(8-10-19)31-26(32)27-30-15-25(36-27)16-3-5-17(28)6-4-16/h3-15H,1-2H3,(H,31,32). The molecule has 5 rings (SSSR count). The van der Waals surface area contributed by atoms with Gasteiger partial charge in [-0.05, 0) is 60.7 Å². The maximum atomic E-state index is 13.1. The molecule has 0 saturated heterocycles. The molecular formula is C27H20FN3O5. The zero-order chi connectivity index (χ0) is 25.1. The second-order valence-corrected chi connectivity index (χ2v) is 7.65. The smallest absolute Gasteiger partial charge is 0.311 e. The maximum Gasteiger partial charge on any atom is 0.311 e. The number of rotatable bonds is 7. The highest BCUT2D eigenvalue weighted by Gasteiger charge is 2.15. The Morgan fingerprint density at radius 1 is 0.889 bits per heavy atom. The molecule has 2 heterocycles. The number of carbonyl (C=O) groups is 1. The first-order valence-electron chi connectivity index (χ1n) is 10.9. The number of nitrogens with one attached hydrogen (secondary N) is 1. The second kappa shape index (κ2) is 9.75. The van der Waals surface area contributed by atoms with E-state index in [0.29, 0.717) is 45.5 Å². The number of amides is 1. The minimum atomic E-state index is -0.516. The van der Waals surface area contributed by atoms with E-state index in [1.54, 1.807) is 68.9 Å². The molecule has 0 spiro atoms. The monoisotopic (exact) mass is 485 g/mol. The Balaban J connectivity index is 1.30. The quantitative estimate of drug-likeness (QED) is 0.298. The SMILES string of the molecule is COc1cc2nccc(Oc3ccc(NC(=O)c4ncc(-c5ccc(F)cc5)o4)cc3)c2cc1OC. The highest BCUT2D eigenvalue weighted by molar-refractivity contribution is 6.01. The number of aromatic nitrogens is 2. The molecule has 9 heteroatoms. The number of oxazole rings is 1. The summed E-state index contributed by atoms with van der Waals surface area (Å²) in [7, 11) is 3.13. The Hall–Kier alpha value is -4.92. The van der Waals surface area contributed by atoms with Gasteiger partial charge in [0.05, 0.1) is 25.9 Å². The largest absolute Gasteiger partial charge is 0.493 e. The molecule has 8 nitrogen and oxygen atoms in total. The number of fused-ring (bicyclic) bond motifs is 1. The molecule has 36 heavy (non-hydrogen) atoms. The maximum absolute atomic E-state index is 13.1. The van der Waals surface area contributed by atoms with Crippen LogP contribution in [-0.2, 0) is 0 Å². The van der Waals surface area contributed by atoms with Crippen molar-refractivity contribution >= 4 is 22.5 Å². The first-order chi connectivity index (χ1) is 17.5. The number of nitrogens with zero attached hydrogens (tertiary/aromatic N) is 2. The summed E-state index contributed by atoms with van der Waals surface area (Å²) in [5.74, 6) is 1.67. The Kier molecular flexibility index (Phi) is 6.19. The summed E-state index contributed by atoms with van der Waals surface area (Å²) in [5.41, 5.74) is 1.84. The van der Waals surface area contributed by atoms with Gasteiger partial charge in [0.15, 0.2) is 17.3 Å². The number of halogens is 1. The van der Waals surface area contributed by atoms with Gasteiger partial charge >= 0.3 is 5.91 Å². The van der Waals surface area contributed by atoms with Crippen LogP contribution in [0.5, 0.6) is 23.0 Å². The molecule has 0 unspecified atom stereocenters. The number of methoxy groups -OCH3 is 2. The van der Waals surface area contributed by atoms with Crippen LogP contribution in [-0.4, -0.2) is 30.1 Å². The van der Waals surface area contributed by atoms with Crippen LogP contribution in [0.15, 0.2) is 83.5 Å². The fourth-order valence-electron chi connectivity index (χ4n) is 3.58. The number of pyridine rings is 1. The van der Waals surface area contributed by atoms with Crippen molar-refractivity contribution in [3.05, 3.63) is 90.8 Å². The first-order valence-corrected chi connectivity index (χ1v) is 10.9. The summed E-state index contributed by atoms with van der Waals surface area (Å²) in [6, 6.07) is 17.9. The lowest BCUT2D eigenvalue weighted by Crippen LogP contribution is -2.11. The van der Waals surface area contributed by atoms with Crippen LogP contribution in [0.4, 0.5) is 10.1 Å². The van der Waals surface area contributed by atoms with Crippen molar-refractivity contribution in [1.29, 1.82) is 0 Å². The molecule has 0 aliphatic carbocycles. The summed E-state index contributed by atoms with van der Waals surface area (Å²) in [6.45, 7) is 0. The lowest BCUT2D eigenvalue weighted by molar-refractivity contribution is 0.0991. The van der Waals surface area contributed by atoms with E-state index in [4.69, 9.17) is 18.6 Å². The Labute approximate surface area is 205 Å². The molecular weight excluding hydrogens is 465 g/mol. The van der Waals surface area contributed by atoms with Crippen molar-refractivity contribution in [2.75, 3.05) is 19.5 Å². The zero-order valence-corrected chi connectivity index (χ0v) is 19.3. The fraction of sp³-hybridized carbons (Fsp3) is 0.0741. The molecule has 0 saturated carbocycles. The summed E-state index contributed by atoms with van der Waals surface area (Å²) >= 11 is 0. The van der Waals surface area contributed by atoms with Crippen molar-refractivity contribution < 1.29 is 27.8 Å². The predicted octanol–water partition coefficient (Wildman–Crippen LogP) is 6.09. The number of hydrogen-bond donors (Lipinski definition) is 1. The third kappa shape index (κ3) is 4.67. The number of anilines is 1. The molecule has 3 aromatic carbocycles. The van der Waals surface area contributed by atoms with Gasteiger partial charge in [-0.25, -0.2) is 9.37 Å². The van der Waals surface area contributed by atoms with Crippen LogP contribution in [0, 0.1) is 5.82 Å². The second-order valence-electron chi connectivity index (χ2n) is 7.65. The molecule has 0 bridgehead atoms. The fourth-order valence-corrected chi connectivity index (χ4v) is 3.58. The minimum absolute atomic E-state index is 0.109. The van der Waals surface area contributed by atoms with Gasteiger partial charge in [0.1, 0.15) is 17.3 Å². The molecule has 1 N–H and O–H groups in total. The molecule has 0 atom stereocenters. The van der Waals surface area contributed by atoms with E-state index in [1.807, 2.05) is 6.07 Å². The lowest BCUT2D eigenvalue weighted by Gasteiger charge is -2.12. The van der Waals surface area contributed by atoms with Crippen molar-refractivity contribution in [2.45, 2.75) is 0 Å². The predicted molar refractivity (Wildman–Crippen MR) is 131 cm³/mol. The van der Waals surface area contributed by atoms with Crippen LogP contribution in [0.1, 0.15) is 10.7 Å². The Morgan fingerprint density at radius 2 is 1.61 bits per heavy atom. The van der Waals surface area contributed by atoms with E-state index in [-0.39, 0.29) is 11.7 Å². The van der Waals surface area contributed by atoms with Gasteiger partial charge in [-0.3, -0.25) is 9.78 Å². The summed E-state index contributed by atoms with van der Waals surface area (Å²) < 4.78 is 35.5. The van der Waals surface area contributed by atoms with Crippen LogP contribution in [0.3, 0.4) is 0 Å². The molecule has 0 aliphatic heterocycles. The van der Waals surface area contributed by atoms with E-state index in [1.165, 1.54) is 18.3 Å². The van der Waals surface area contributed by atoms with Crippen molar-refractivity contribution in [3.8, 4) is 34.3 Å². The van der Waals surface area contributed by atoms with E-state index < -0.39 is 5.91 Å². The number of carbonyl (C=O) groups excluding carboxylic acids is 1. The average Bonchev–Trinajstić information content (AvgIpc) is 3.40. The number of ether oxygens (including phenoxy) is 3. The van der Waals surface area contributed by atoms with Gasteiger partial charge in [-0.1, -0.05) is 0 Å². The number of benzene rings is 3.